The zero-order valence-corrected chi connectivity index (χ0v) is 20.3. The SMILES string of the molecule is COc1cc(C(=O)NCC2CCC(Nc3cc(N(C)C)c4ccccc4n3)CC2)ccc1[N+](=O)[O-]. The number of nitrogens with one attached hydrogen (secondary N) is 2. The van der Waals surface area contributed by atoms with Crippen LogP contribution in [0.3, 0.4) is 0 Å². The maximum atomic E-state index is 12.6. The number of nitrogens with zero attached hydrogens (tertiary/aromatic N) is 3. The number of aromatic nitrogens is 1. The van der Waals surface area contributed by atoms with Crippen molar-refractivity contribution in [1.29, 1.82) is 0 Å². The van der Waals surface area contributed by atoms with E-state index in [0.717, 1.165) is 48.1 Å². The number of amides is 1. The van der Waals surface area contributed by atoms with E-state index in [-0.39, 0.29) is 17.3 Å². The second kappa shape index (κ2) is 10.6. The zero-order valence-electron chi connectivity index (χ0n) is 20.3. The van der Waals surface area contributed by atoms with Gasteiger partial charge in [0.2, 0.25) is 0 Å². The quantitative estimate of drug-likeness (QED) is 0.360. The zero-order chi connectivity index (χ0) is 24.9. The van der Waals surface area contributed by atoms with Crippen molar-refractivity contribution in [2.75, 3.05) is 38.0 Å². The molecule has 184 valence electrons. The Morgan fingerprint density at radius 3 is 2.57 bits per heavy atom. The fourth-order valence-electron chi connectivity index (χ4n) is 4.63. The Bertz CT molecular complexity index is 1220. The van der Waals surface area contributed by atoms with Crippen LogP contribution < -0.4 is 20.3 Å². The number of rotatable bonds is 8. The number of para-hydroxylation sites is 1. The second-order valence-electron chi connectivity index (χ2n) is 9.15. The Morgan fingerprint density at radius 1 is 1.14 bits per heavy atom. The summed E-state index contributed by atoms with van der Waals surface area (Å²) in [6.45, 7) is 0.573. The molecule has 1 fully saturated rings. The average Bonchev–Trinajstić information content (AvgIpc) is 2.87. The highest BCUT2D eigenvalue weighted by molar-refractivity contribution is 5.95. The molecule has 0 unspecified atom stereocenters. The lowest BCUT2D eigenvalue weighted by molar-refractivity contribution is -0.385. The van der Waals surface area contributed by atoms with E-state index >= 15 is 0 Å². The minimum Gasteiger partial charge on any atom is -0.490 e. The number of carbonyl (C=O) groups is 1. The fourth-order valence-corrected chi connectivity index (χ4v) is 4.63. The number of hydrogen-bond acceptors (Lipinski definition) is 7. The van der Waals surface area contributed by atoms with Gasteiger partial charge in [0.05, 0.1) is 17.5 Å². The number of pyridine rings is 1. The lowest BCUT2D eigenvalue weighted by atomic mass is 9.86. The van der Waals surface area contributed by atoms with Crippen molar-refractivity contribution in [1.82, 2.24) is 10.3 Å². The van der Waals surface area contributed by atoms with Crippen molar-refractivity contribution >= 4 is 34.0 Å². The molecule has 0 saturated heterocycles. The lowest BCUT2D eigenvalue weighted by Crippen LogP contribution is -2.34. The average molecular weight is 478 g/mol. The maximum Gasteiger partial charge on any atom is 0.310 e. The molecule has 3 aromatic rings. The molecule has 2 aromatic carbocycles. The molecule has 35 heavy (non-hydrogen) atoms. The lowest BCUT2D eigenvalue weighted by Gasteiger charge is -2.30. The van der Waals surface area contributed by atoms with E-state index in [9.17, 15) is 14.9 Å². The molecule has 9 nitrogen and oxygen atoms in total. The van der Waals surface area contributed by atoms with Gasteiger partial charge in [0.15, 0.2) is 5.75 Å². The van der Waals surface area contributed by atoms with E-state index in [1.54, 1.807) is 0 Å². The number of nitro groups is 1. The van der Waals surface area contributed by atoms with Gasteiger partial charge in [-0.25, -0.2) is 4.98 Å². The molecule has 0 aliphatic heterocycles. The largest absolute Gasteiger partial charge is 0.490 e. The molecule has 0 spiro atoms. The van der Waals surface area contributed by atoms with Crippen molar-refractivity contribution in [2.24, 2.45) is 5.92 Å². The van der Waals surface area contributed by atoms with Crippen molar-refractivity contribution in [3.05, 3.63) is 64.2 Å². The first-order chi connectivity index (χ1) is 16.9. The molecule has 0 bridgehead atoms. The number of nitro benzene ring substituents is 1. The van der Waals surface area contributed by atoms with E-state index in [2.05, 4.69) is 27.7 Å². The number of ether oxygens (including phenoxy) is 1. The molecule has 0 radical (unpaired) electrons. The first kappa shape index (κ1) is 24.3. The summed E-state index contributed by atoms with van der Waals surface area (Å²) in [5, 5.41) is 18.8. The topological polar surface area (TPSA) is 110 Å². The van der Waals surface area contributed by atoms with E-state index in [1.807, 2.05) is 32.3 Å². The number of anilines is 2. The van der Waals surface area contributed by atoms with Gasteiger partial charge in [-0.2, -0.15) is 0 Å². The van der Waals surface area contributed by atoms with Crippen LogP contribution in [-0.2, 0) is 0 Å². The van der Waals surface area contributed by atoms with Crippen LogP contribution in [0.15, 0.2) is 48.5 Å². The van der Waals surface area contributed by atoms with Crippen LogP contribution >= 0.6 is 0 Å². The molecular formula is C26H31N5O4. The highest BCUT2D eigenvalue weighted by atomic mass is 16.6. The third-order valence-corrected chi connectivity index (χ3v) is 6.56. The number of fused-ring (bicyclic) bond motifs is 1. The monoisotopic (exact) mass is 477 g/mol. The summed E-state index contributed by atoms with van der Waals surface area (Å²) >= 11 is 0. The Balaban J connectivity index is 1.31. The van der Waals surface area contributed by atoms with Gasteiger partial charge in [-0.15, -0.1) is 0 Å². The van der Waals surface area contributed by atoms with Crippen LogP contribution in [-0.4, -0.2) is 49.6 Å². The number of benzene rings is 2. The van der Waals surface area contributed by atoms with Gasteiger partial charge in [-0.1, -0.05) is 18.2 Å². The molecule has 1 aliphatic rings. The molecule has 1 amide bonds. The first-order valence-corrected chi connectivity index (χ1v) is 11.8. The molecule has 0 atom stereocenters. The summed E-state index contributed by atoms with van der Waals surface area (Å²) in [7, 11) is 5.43. The Morgan fingerprint density at radius 2 is 1.89 bits per heavy atom. The van der Waals surface area contributed by atoms with Crippen LogP contribution in [0.25, 0.3) is 10.9 Å². The van der Waals surface area contributed by atoms with Crippen molar-refractivity contribution in [3.63, 3.8) is 0 Å². The first-order valence-electron chi connectivity index (χ1n) is 11.8. The van der Waals surface area contributed by atoms with Crippen LogP contribution in [0, 0.1) is 16.0 Å². The Labute approximate surface area is 204 Å². The maximum absolute atomic E-state index is 12.6. The Kier molecular flexibility index (Phi) is 7.33. The van der Waals surface area contributed by atoms with E-state index in [0.29, 0.717) is 24.1 Å². The normalized spacial score (nSPS) is 17.6. The Hall–Kier alpha value is -3.88. The van der Waals surface area contributed by atoms with Gasteiger partial charge < -0.3 is 20.3 Å². The summed E-state index contributed by atoms with van der Waals surface area (Å²) in [5.41, 5.74) is 2.30. The van der Waals surface area contributed by atoms with Gasteiger partial charge in [0, 0.05) is 61.5 Å². The molecule has 1 aliphatic carbocycles. The molecular weight excluding hydrogens is 446 g/mol. The van der Waals surface area contributed by atoms with Gasteiger partial charge in [-0.3, -0.25) is 14.9 Å². The number of carbonyl (C=O) groups excluding carboxylic acids is 1. The third kappa shape index (κ3) is 5.62. The van der Waals surface area contributed by atoms with E-state index in [4.69, 9.17) is 9.72 Å². The van der Waals surface area contributed by atoms with Crippen molar-refractivity contribution in [3.8, 4) is 5.75 Å². The smallest absolute Gasteiger partial charge is 0.310 e. The summed E-state index contributed by atoms with van der Waals surface area (Å²) in [6.07, 6.45) is 3.99. The van der Waals surface area contributed by atoms with Crippen LogP contribution in [0.1, 0.15) is 36.0 Å². The molecule has 2 N–H and O–H groups in total. The molecule has 1 saturated carbocycles. The molecule has 9 heteroatoms. The fraction of sp³-hybridized carbons (Fsp3) is 0.385. The van der Waals surface area contributed by atoms with Crippen LogP contribution in [0.4, 0.5) is 17.2 Å². The van der Waals surface area contributed by atoms with Crippen molar-refractivity contribution in [2.45, 2.75) is 31.7 Å². The predicted octanol–water partition coefficient (Wildman–Crippen LogP) is 4.62. The van der Waals surface area contributed by atoms with Crippen LogP contribution in [0.5, 0.6) is 5.75 Å². The number of methoxy groups -OCH3 is 1. The standard InChI is InChI=1S/C26H31N5O4/c1-30(2)23-15-25(29-21-7-5-4-6-20(21)23)28-19-11-8-17(9-12-19)16-27-26(32)18-10-13-22(31(33)34)24(14-18)35-3/h4-7,10,13-15,17,19H,8-9,11-12,16H2,1-3H3,(H,27,32)(H,28,29). The van der Waals surface area contributed by atoms with Gasteiger partial charge in [-0.05, 0) is 43.7 Å². The third-order valence-electron chi connectivity index (χ3n) is 6.56. The van der Waals surface area contributed by atoms with E-state index < -0.39 is 4.92 Å². The summed E-state index contributed by atoms with van der Waals surface area (Å²) < 4.78 is 5.06. The molecule has 1 aromatic heterocycles. The minimum absolute atomic E-state index is 0.0777. The number of hydrogen-bond donors (Lipinski definition) is 2. The van der Waals surface area contributed by atoms with Gasteiger partial charge in [0.25, 0.3) is 5.91 Å². The summed E-state index contributed by atoms with van der Waals surface area (Å²) in [5.74, 6) is 1.10. The van der Waals surface area contributed by atoms with E-state index in [1.165, 1.54) is 25.3 Å². The predicted molar refractivity (Wildman–Crippen MR) is 137 cm³/mol. The summed E-state index contributed by atoms with van der Waals surface area (Å²) in [4.78, 5) is 30.0. The van der Waals surface area contributed by atoms with Crippen LogP contribution in [0.2, 0.25) is 0 Å². The second-order valence-corrected chi connectivity index (χ2v) is 9.15. The highest BCUT2D eigenvalue weighted by Gasteiger charge is 2.23. The summed E-state index contributed by atoms with van der Waals surface area (Å²) in [6, 6.07) is 14.8. The van der Waals surface area contributed by atoms with Crippen molar-refractivity contribution < 1.29 is 14.5 Å². The molecule has 4 rings (SSSR count). The van der Waals surface area contributed by atoms with Gasteiger partial charge in [0.1, 0.15) is 5.82 Å². The molecule has 1 heterocycles. The highest BCUT2D eigenvalue weighted by Crippen LogP contribution is 2.31. The minimum atomic E-state index is -0.526. The van der Waals surface area contributed by atoms with Gasteiger partial charge >= 0.3 is 5.69 Å².